The van der Waals surface area contributed by atoms with Crippen LogP contribution in [0.2, 0.25) is 0 Å². The smallest absolute Gasteiger partial charge is 0.408 e. The van der Waals surface area contributed by atoms with Crippen molar-refractivity contribution in [2.75, 3.05) is 11.4 Å². The molecule has 0 unspecified atom stereocenters. The lowest BCUT2D eigenvalue weighted by molar-refractivity contribution is 0.0406. The van der Waals surface area contributed by atoms with Gasteiger partial charge < -0.3 is 15.0 Å². The lowest BCUT2D eigenvalue weighted by atomic mass is 9.66. The number of amides is 1. The molecule has 4 heterocycles. The number of anilines is 2. The second-order valence-corrected chi connectivity index (χ2v) is 12.9. The summed E-state index contributed by atoms with van der Waals surface area (Å²) in [6.45, 7) is 6.59. The number of fused-ring (bicyclic) bond motifs is 3. The number of aryl methyl sites for hydroxylation is 1. The second kappa shape index (κ2) is 9.82. The van der Waals surface area contributed by atoms with Gasteiger partial charge in [0.05, 0.1) is 23.1 Å². The molecule has 1 aromatic carbocycles. The van der Waals surface area contributed by atoms with Crippen LogP contribution in [0.4, 0.5) is 16.3 Å². The van der Waals surface area contributed by atoms with Gasteiger partial charge in [0.25, 0.3) is 0 Å². The number of ether oxygens (including phenoxy) is 1. The first-order valence-electron chi connectivity index (χ1n) is 14.8. The van der Waals surface area contributed by atoms with Gasteiger partial charge in [-0.1, -0.05) is 24.3 Å². The van der Waals surface area contributed by atoms with E-state index in [4.69, 9.17) is 14.7 Å². The molecule has 212 valence electrons. The predicted octanol–water partition coefficient (Wildman–Crippen LogP) is 6.30. The Morgan fingerprint density at radius 3 is 2.78 bits per heavy atom. The van der Waals surface area contributed by atoms with E-state index in [1.54, 1.807) is 0 Å². The maximum atomic E-state index is 12.9. The summed E-state index contributed by atoms with van der Waals surface area (Å²) in [7, 11) is 0. The molecule has 3 aromatic heterocycles. The van der Waals surface area contributed by atoms with Crippen molar-refractivity contribution in [1.29, 1.82) is 0 Å². The summed E-state index contributed by atoms with van der Waals surface area (Å²) >= 11 is 0. The summed E-state index contributed by atoms with van der Waals surface area (Å²) in [5.41, 5.74) is 6.72. The molecule has 4 aromatic rings. The molecule has 3 aliphatic rings. The van der Waals surface area contributed by atoms with Crippen LogP contribution in [0.5, 0.6) is 0 Å². The van der Waals surface area contributed by atoms with E-state index in [2.05, 4.69) is 55.7 Å². The van der Waals surface area contributed by atoms with E-state index >= 15 is 0 Å². The topological polar surface area (TPSA) is 109 Å². The number of carbonyl (C=O) groups excluding carboxylic acids is 1. The van der Waals surface area contributed by atoms with Gasteiger partial charge in [0, 0.05) is 24.9 Å². The Bertz CT molecular complexity index is 1600. The monoisotopic (exact) mass is 551 g/mol. The van der Waals surface area contributed by atoms with E-state index in [0.717, 1.165) is 85.5 Å². The van der Waals surface area contributed by atoms with Crippen LogP contribution in [0, 0.1) is 5.41 Å². The van der Waals surface area contributed by atoms with Crippen molar-refractivity contribution in [1.82, 2.24) is 30.5 Å². The molecule has 1 amide bonds. The third kappa shape index (κ3) is 4.71. The number of nitrogens with one attached hydrogen (secondary N) is 2. The zero-order chi connectivity index (χ0) is 28.2. The average molecular weight is 552 g/mol. The number of hydrogen-bond acceptors (Lipinski definition) is 7. The fourth-order valence-corrected chi connectivity index (χ4v) is 7.20. The predicted molar refractivity (Wildman–Crippen MR) is 157 cm³/mol. The molecule has 1 spiro atoms. The van der Waals surface area contributed by atoms with Crippen LogP contribution in [0.3, 0.4) is 0 Å². The molecule has 0 radical (unpaired) electrons. The Morgan fingerprint density at radius 1 is 1.12 bits per heavy atom. The SMILES string of the molecule is CC(C)(C)OC(=O)N[C@@H]1c2ccccc2CC12CCC(c1cnc3c(N4CCCc5ncccc54)n[nH]c3n1)CC2. The summed E-state index contributed by atoms with van der Waals surface area (Å²) in [5, 5.41) is 11.1. The van der Waals surface area contributed by atoms with Crippen LogP contribution in [0.1, 0.15) is 87.3 Å². The number of pyridine rings is 1. The van der Waals surface area contributed by atoms with Crippen molar-refractivity contribution in [2.24, 2.45) is 5.41 Å². The second-order valence-electron chi connectivity index (χ2n) is 12.9. The molecule has 1 aliphatic heterocycles. The minimum atomic E-state index is -0.537. The van der Waals surface area contributed by atoms with Gasteiger partial charge in [-0.3, -0.25) is 10.1 Å². The van der Waals surface area contributed by atoms with Gasteiger partial charge in [-0.2, -0.15) is 5.10 Å². The van der Waals surface area contributed by atoms with E-state index in [-0.39, 0.29) is 17.6 Å². The third-order valence-electron chi connectivity index (χ3n) is 9.06. The van der Waals surface area contributed by atoms with E-state index in [1.807, 2.05) is 39.2 Å². The molecule has 2 N–H and O–H groups in total. The van der Waals surface area contributed by atoms with Crippen molar-refractivity contribution in [3.05, 3.63) is 71.3 Å². The standard InChI is InChI=1S/C32H37N7O2/c1-31(2,3)41-30(40)36-27-22-9-5-4-8-21(22)18-32(27)14-12-20(13-15-32)24-19-34-26-28(35-24)37-38-29(26)39-17-7-10-23-25(39)11-6-16-33-23/h4-6,8-9,11,16,19-20,27H,7,10,12-15,17-18H2,1-3H3,(H,36,40)(H,35,37,38)/t20?,27-,32?/m1/s1. The average Bonchev–Trinajstić information content (AvgIpc) is 3.51. The van der Waals surface area contributed by atoms with Gasteiger partial charge in [0.1, 0.15) is 5.60 Å². The summed E-state index contributed by atoms with van der Waals surface area (Å²) in [6, 6.07) is 12.5. The molecular weight excluding hydrogens is 514 g/mol. The van der Waals surface area contributed by atoms with E-state index < -0.39 is 5.60 Å². The number of nitrogens with zero attached hydrogens (tertiary/aromatic N) is 5. The first-order chi connectivity index (χ1) is 19.8. The largest absolute Gasteiger partial charge is 0.444 e. The molecule has 7 rings (SSSR count). The number of alkyl carbamates (subject to hydrolysis) is 1. The Hall–Kier alpha value is -4.01. The number of rotatable bonds is 3. The summed E-state index contributed by atoms with van der Waals surface area (Å²) < 4.78 is 5.66. The molecule has 9 heteroatoms. The van der Waals surface area contributed by atoms with Crippen LogP contribution in [-0.2, 0) is 17.6 Å². The van der Waals surface area contributed by atoms with Gasteiger partial charge >= 0.3 is 6.09 Å². The van der Waals surface area contributed by atoms with Crippen LogP contribution in [0.25, 0.3) is 11.2 Å². The minimum absolute atomic E-state index is 0.0224. The quantitative estimate of drug-likeness (QED) is 0.308. The van der Waals surface area contributed by atoms with Gasteiger partial charge in [-0.25, -0.2) is 14.8 Å². The van der Waals surface area contributed by atoms with Crippen molar-refractivity contribution in [3.8, 4) is 0 Å². The first-order valence-corrected chi connectivity index (χ1v) is 14.8. The minimum Gasteiger partial charge on any atom is -0.444 e. The zero-order valence-electron chi connectivity index (χ0n) is 24.0. The number of carbonyl (C=O) groups is 1. The molecule has 1 atom stereocenters. The van der Waals surface area contributed by atoms with Crippen molar-refractivity contribution >= 4 is 28.8 Å². The number of H-pyrrole nitrogens is 1. The van der Waals surface area contributed by atoms with Crippen molar-refractivity contribution < 1.29 is 9.53 Å². The van der Waals surface area contributed by atoms with Crippen molar-refractivity contribution in [3.63, 3.8) is 0 Å². The van der Waals surface area contributed by atoms with Gasteiger partial charge in [0.15, 0.2) is 17.0 Å². The summed E-state index contributed by atoms with van der Waals surface area (Å²) in [5.74, 6) is 1.13. The lowest BCUT2D eigenvalue weighted by Gasteiger charge is -2.42. The maximum absolute atomic E-state index is 12.9. The first kappa shape index (κ1) is 25.9. The number of hydrogen-bond donors (Lipinski definition) is 2. The Labute approximate surface area is 240 Å². The highest BCUT2D eigenvalue weighted by Gasteiger charge is 2.49. The summed E-state index contributed by atoms with van der Waals surface area (Å²) in [6.07, 6.45) is 10.4. The Morgan fingerprint density at radius 2 is 1.95 bits per heavy atom. The number of aromatic amines is 1. The highest BCUT2D eigenvalue weighted by Crippen LogP contribution is 2.56. The van der Waals surface area contributed by atoms with Crippen LogP contribution in [0.15, 0.2) is 48.8 Å². The fourth-order valence-electron chi connectivity index (χ4n) is 7.20. The van der Waals surface area contributed by atoms with E-state index in [1.165, 1.54) is 11.1 Å². The normalized spacial score (nSPS) is 23.8. The molecule has 0 saturated heterocycles. The van der Waals surface area contributed by atoms with Gasteiger partial charge in [-0.05, 0) is 94.4 Å². The van der Waals surface area contributed by atoms with E-state index in [0.29, 0.717) is 5.92 Å². The lowest BCUT2D eigenvalue weighted by Crippen LogP contribution is -2.43. The molecule has 2 aliphatic carbocycles. The van der Waals surface area contributed by atoms with Gasteiger partial charge in [0.2, 0.25) is 0 Å². The molecule has 41 heavy (non-hydrogen) atoms. The highest BCUT2D eigenvalue weighted by molar-refractivity contribution is 5.86. The Balaban J connectivity index is 1.10. The third-order valence-corrected chi connectivity index (χ3v) is 9.06. The van der Waals surface area contributed by atoms with E-state index in [9.17, 15) is 4.79 Å². The molecular formula is C32H37N7O2. The molecule has 0 bridgehead atoms. The summed E-state index contributed by atoms with van der Waals surface area (Å²) in [4.78, 5) is 29.6. The highest BCUT2D eigenvalue weighted by atomic mass is 16.6. The Kier molecular flexibility index (Phi) is 6.21. The fraction of sp³-hybridized carbons (Fsp3) is 0.469. The van der Waals surface area contributed by atoms with Crippen LogP contribution < -0.4 is 10.2 Å². The van der Waals surface area contributed by atoms with Crippen LogP contribution in [-0.4, -0.2) is 43.4 Å². The number of aromatic nitrogens is 5. The molecule has 1 saturated carbocycles. The van der Waals surface area contributed by atoms with Crippen LogP contribution >= 0.6 is 0 Å². The molecule has 1 fully saturated rings. The molecule has 9 nitrogen and oxygen atoms in total. The maximum Gasteiger partial charge on any atom is 0.408 e. The van der Waals surface area contributed by atoms with Crippen molar-refractivity contribution in [2.45, 2.75) is 83.3 Å². The number of benzene rings is 1. The zero-order valence-corrected chi connectivity index (χ0v) is 24.0. The van der Waals surface area contributed by atoms with Gasteiger partial charge in [-0.15, -0.1) is 0 Å².